The van der Waals surface area contributed by atoms with Gasteiger partial charge in [-0.1, -0.05) is 18.1 Å². The number of nitrogens with zero attached hydrogens (tertiary/aromatic N) is 3. The number of hydrogen-bond acceptors (Lipinski definition) is 5. The van der Waals surface area contributed by atoms with E-state index in [0.717, 1.165) is 28.1 Å². The van der Waals surface area contributed by atoms with Crippen LogP contribution < -0.4 is 15.4 Å². The van der Waals surface area contributed by atoms with Crippen molar-refractivity contribution in [3.05, 3.63) is 66.1 Å². The standard InChI is InChI=1S/C21H20N4O/c1-25(2)17-9-4-15(5-10-17)6-13-19-20(21(22)24-14-23-19)16-7-11-18(26-3)12-8-16/h4-5,7-12,14H,1-3H3,(H2,22,23,24). The first-order valence-corrected chi connectivity index (χ1v) is 8.13. The quantitative estimate of drug-likeness (QED) is 0.739. The minimum atomic E-state index is 0.400. The van der Waals surface area contributed by atoms with Gasteiger partial charge in [-0.15, -0.1) is 0 Å². The molecule has 0 aliphatic rings. The van der Waals surface area contributed by atoms with E-state index in [1.807, 2.05) is 67.5 Å². The molecule has 0 fully saturated rings. The van der Waals surface area contributed by atoms with Crippen LogP contribution in [0.5, 0.6) is 5.75 Å². The molecule has 0 radical (unpaired) electrons. The lowest BCUT2D eigenvalue weighted by molar-refractivity contribution is 0.415. The van der Waals surface area contributed by atoms with E-state index in [2.05, 4.69) is 21.8 Å². The van der Waals surface area contributed by atoms with Crippen molar-refractivity contribution in [3.8, 4) is 28.7 Å². The third-order valence-corrected chi connectivity index (χ3v) is 3.96. The van der Waals surface area contributed by atoms with Crippen molar-refractivity contribution < 1.29 is 4.74 Å². The smallest absolute Gasteiger partial charge is 0.135 e. The summed E-state index contributed by atoms with van der Waals surface area (Å²) < 4.78 is 5.20. The van der Waals surface area contributed by atoms with Crippen LogP contribution in [-0.2, 0) is 0 Å². The van der Waals surface area contributed by atoms with Gasteiger partial charge in [0.05, 0.1) is 12.7 Å². The molecule has 0 atom stereocenters. The molecule has 0 bridgehead atoms. The van der Waals surface area contributed by atoms with Crippen LogP contribution in [0.3, 0.4) is 0 Å². The summed E-state index contributed by atoms with van der Waals surface area (Å²) in [6.45, 7) is 0. The summed E-state index contributed by atoms with van der Waals surface area (Å²) in [6.07, 6.45) is 1.43. The number of rotatable bonds is 3. The predicted molar refractivity (Wildman–Crippen MR) is 105 cm³/mol. The van der Waals surface area contributed by atoms with Crippen LogP contribution in [0.4, 0.5) is 11.5 Å². The number of benzene rings is 2. The van der Waals surface area contributed by atoms with E-state index in [-0.39, 0.29) is 0 Å². The molecule has 0 spiro atoms. The molecule has 0 saturated carbocycles. The molecular formula is C21H20N4O. The van der Waals surface area contributed by atoms with Gasteiger partial charge in [-0.05, 0) is 47.9 Å². The summed E-state index contributed by atoms with van der Waals surface area (Å²) >= 11 is 0. The lowest BCUT2D eigenvalue weighted by Gasteiger charge is -2.11. The molecule has 0 unspecified atom stereocenters. The number of nitrogens with two attached hydrogens (primary N) is 1. The zero-order valence-corrected chi connectivity index (χ0v) is 15.0. The number of anilines is 2. The summed E-state index contributed by atoms with van der Waals surface area (Å²) in [6, 6.07) is 15.6. The highest BCUT2D eigenvalue weighted by atomic mass is 16.5. The van der Waals surface area contributed by atoms with Gasteiger partial charge in [0.25, 0.3) is 0 Å². The summed E-state index contributed by atoms with van der Waals surface area (Å²) in [5.41, 5.74) is 10.4. The Balaban J connectivity index is 1.97. The maximum atomic E-state index is 6.09. The van der Waals surface area contributed by atoms with Crippen LogP contribution in [-0.4, -0.2) is 31.2 Å². The van der Waals surface area contributed by atoms with Crippen molar-refractivity contribution in [2.75, 3.05) is 31.8 Å². The Morgan fingerprint density at radius 1 is 0.923 bits per heavy atom. The first kappa shape index (κ1) is 17.3. The van der Waals surface area contributed by atoms with Crippen LogP contribution in [0.15, 0.2) is 54.9 Å². The fourth-order valence-corrected chi connectivity index (χ4v) is 2.51. The Morgan fingerprint density at radius 3 is 2.23 bits per heavy atom. The number of aromatic nitrogens is 2. The summed E-state index contributed by atoms with van der Waals surface area (Å²) in [5, 5.41) is 0. The van der Waals surface area contributed by atoms with Crippen molar-refractivity contribution >= 4 is 11.5 Å². The molecule has 3 rings (SSSR count). The van der Waals surface area contributed by atoms with Gasteiger partial charge in [-0.25, -0.2) is 9.97 Å². The van der Waals surface area contributed by atoms with E-state index >= 15 is 0 Å². The zero-order valence-electron chi connectivity index (χ0n) is 15.0. The molecule has 2 N–H and O–H groups in total. The SMILES string of the molecule is COc1ccc(-c2c(N)ncnc2C#Cc2ccc(N(C)C)cc2)cc1. The lowest BCUT2D eigenvalue weighted by atomic mass is 10.0. The highest BCUT2D eigenvalue weighted by Gasteiger charge is 2.10. The Hall–Kier alpha value is -3.52. The van der Waals surface area contributed by atoms with Gasteiger partial charge in [0, 0.05) is 25.3 Å². The van der Waals surface area contributed by atoms with Gasteiger partial charge in [0.2, 0.25) is 0 Å². The number of ether oxygens (including phenoxy) is 1. The van der Waals surface area contributed by atoms with Crippen molar-refractivity contribution in [2.45, 2.75) is 0 Å². The molecule has 0 aliphatic carbocycles. The third-order valence-electron chi connectivity index (χ3n) is 3.96. The molecule has 5 nitrogen and oxygen atoms in total. The first-order valence-electron chi connectivity index (χ1n) is 8.13. The fraction of sp³-hybridized carbons (Fsp3) is 0.143. The van der Waals surface area contributed by atoms with Crippen LogP contribution in [0.1, 0.15) is 11.3 Å². The maximum absolute atomic E-state index is 6.09. The van der Waals surface area contributed by atoms with Crippen LogP contribution >= 0.6 is 0 Å². The Labute approximate surface area is 153 Å². The van der Waals surface area contributed by atoms with Crippen molar-refractivity contribution in [1.82, 2.24) is 9.97 Å². The van der Waals surface area contributed by atoms with Gasteiger partial charge in [-0.2, -0.15) is 0 Å². The Kier molecular flexibility index (Phi) is 5.04. The molecule has 1 aromatic heterocycles. The summed E-state index contributed by atoms with van der Waals surface area (Å²) in [5.74, 6) is 7.44. The monoisotopic (exact) mass is 344 g/mol. The van der Waals surface area contributed by atoms with Gasteiger partial charge in [0.1, 0.15) is 23.6 Å². The van der Waals surface area contributed by atoms with Crippen molar-refractivity contribution in [1.29, 1.82) is 0 Å². The topological polar surface area (TPSA) is 64.3 Å². The molecule has 2 aromatic carbocycles. The van der Waals surface area contributed by atoms with E-state index in [9.17, 15) is 0 Å². The second-order valence-corrected chi connectivity index (χ2v) is 5.90. The van der Waals surface area contributed by atoms with Gasteiger partial charge >= 0.3 is 0 Å². The van der Waals surface area contributed by atoms with E-state index in [0.29, 0.717) is 11.5 Å². The molecule has 26 heavy (non-hydrogen) atoms. The molecule has 5 heteroatoms. The van der Waals surface area contributed by atoms with E-state index < -0.39 is 0 Å². The highest BCUT2D eigenvalue weighted by Crippen LogP contribution is 2.28. The summed E-state index contributed by atoms with van der Waals surface area (Å²) in [4.78, 5) is 10.5. The molecule has 130 valence electrons. The minimum absolute atomic E-state index is 0.400. The largest absolute Gasteiger partial charge is 0.497 e. The molecular weight excluding hydrogens is 324 g/mol. The Bertz CT molecular complexity index is 952. The molecule has 0 saturated heterocycles. The van der Waals surface area contributed by atoms with E-state index in [4.69, 9.17) is 10.5 Å². The van der Waals surface area contributed by atoms with Crippen LogP contribution in [0.2, 0.25) is 0 Å². The van der Waals surface area contributed by atoms with Gasteiger partial charge in [-0.3, -0.25) is 0 Å². The number of hydrogen-bond donors (Lipinski definition) is 1. The summed E-state index contributed by atoms with van der Waals surface area (Å²) in [7, 11) is 5.64. The molecule has 0 aliphatic heterocycles. The number of methoxy groups -OCH3 is 1. The van der Waals surface area contributed by atoms with E-state index in [1.54, 1.807) is 7.11 Å². The van der Waals surface area contributed by atoms with Crippen LogP contribution in [0.25, 0.3) is 11.1 Å². The highest BCUT2D eigenvalue weighted by molar-refractivity contribution is 5.78. The predicted octanol–water partition coefficient (Wildman–Crippen LogP) is 3.20. The average molecular weight is 344 g/mol. The second kappa shape index (κ2) is 7.58. The molecule has 0 amide bonds. The van der Waals surface area contributed by atoms with Crippen LogP contribution in [0, 0.1) is 11.8 Å². The fourth-order valence-electron chi connectivity index (χ4n) is 2.51. The average Bonchev–Trinajstić information content (AvgIpc) is 2.67. The Morgan fingerprint density at radius 2 is 1.62 bits per heavy atom. The van der Waals surface area contributed by atoms with Gasteiger partial charge in [0.15, 0.2) is 0 Å². The third kappa shape index (κ3) is 3.76. The lowest BCUT2D eigenvalue weighted by Crippen LogP contribution is -2.07. The zero-order chi connectivity index (χ0) is 18.5. The molecule has 1 heterocycles. The van der Waals surface area contributed by atoms with E-state index in [1.165, 1.54) is 6.33 Å². The van der Waals surface area contributed by atoms with Gasteiger partial charge < -0.3 is 15.4 Å². The van der Waals surface area contributed by atoms with Crippen molar-refractivity contribution in [3.63, 3.8) is 0 Å². The maximum Gasteiger partial charge on any atom is 0.135 e. The second-order valence-electron chi connectivity index (χ2n) is 5.90. The molecule has 3 aromatic rings. The minimum Gasteiger partial charge on any atom is -0.497 e. The number of nitrogen functional groups attached to an aromatic ring is 1. The van der Waals surface area contributed by atoms with Crippen molar-refractivity contribution in [2.24, 2.45) is 0 Å². The normalized spacial score (nSPS) is 9.96. The first-order chi connectivity index (χ1) is 12.6.